The minimum Gasteiger partial charge on any atom is -0.481 e. The molecule has 312 valence electrons. The molecular formula is C33H49F5N6O11. The fourth-order valence-corrected chi connectivity index (χ4v) is 5.66. The number of carboxylic acid groups (broad SMARTS) is 2. The van der Waals surface area contributed by atoms with E-state index in [1.54, 1.807) is 6.92 Å². The van der Waals surface area contributed by atoms with Crippen LogP contribution in [0.4, 0.5) is 22.0 Å². The number of hydrogen-bond acceptors (Lipinski definition) is 9. The summed E-state index contributed by atoms with van der Waals surface area (Å²) in [4.78, 5) is 115. The minimum absolute atomic E-state index is 0.0565. The van der Waals surface area contributed by atoms with Crippen molar-refractivity contribution >= 4 is 53.2 Å². The highest BCUT2D eigenvalue weighted by molar-refractivity contribution is 5.99. The van der Waals surface area contributed by atoms with Gasteiger partial charge in [0.1, 0.15) is 30.2 Å². The molecule has 1 aliphatic heterocycles. The van der Waals surface area contributed by atoms with Gasteiger partial charge in [-0.3, -0.25) is 43.2 Å². The molecule has 22 heteroatoms. The topological polar surface area (TPSA) is 257 Å². The third-order valence-electron chi connectivity index (χ3n) is 8.82. The molecule has 1 rings (SSSR count). The summed E-state index contributed by atoms with van der Waals surface area (Å²) in [6.45, 7) is 8.48. The Morgan fingerprint density at radius 1 is 0.727 bits per heavy atom. The first-order valence-corrected chi connectivity index (χ1v) is 17.5. The minimum atomic E-state index is -6.21. The number of likely N-dealkylation sites (tertiary alicyclic amines) is 1. The molecule has 0 bridgehead atoms. The van der Waals surface area contributed by atoms with Gasteiger partial charge in [0.15, 0.2) is 0 Å². The van der Waals surface area contributed by atoms with E-state index in [1.807, 2.05) is 5.32 Å². The predicted octanol–water partition coefficient (Wildman–Crippen LogP) is 0.640. The lowest BCUT2D eigenvalue weighted by molar-refractivity contribution is -0.269. The van der Waals surface area contributed by atoms with E-state index < -0.39 is 133 Å². The molecule has 0 radical (unpaired) electrons. The number of carbonyl (C=O) groups is 9. The van der Waals surface area contributed by atoms with Crippen LogP contribution in [0.1, 0.15) is 86.5 Å². The van der Waals surface area contributed by atoms with Crippen molar-refractivity contribution in [2.75, 3.05) is 6.54 Å². The Morgan fingerprint density at radius 2 is 1.24 bits per heavy atom. The second-order valence-electron chi connectivity index (χ2n) is 13.6. The van der Waals surface area contributed by atoms with E-state index in [-0.39, 0.29) is 32.2 Å². The van der Waals surface area contributed by atoms with E-state index in [1.165, 1.54) is 27.7 Å². The van der Waals surface area contributed by atoms with Gasteiger partial charge in [0.05, 0.1) is 18.9 Å². The Hall–Kier alpha value is -4.92. The molecule has 7 N–H and O–H groups in total. The van der Waals surface area contributed by atoms with Crippen molar-refractivity contribution in [3.8, 4) is 0 Å². The fourth-order valence-electron chi connectivity index (χ4n) is 5.66. The van der Waals surface area contributed by atoms with Crippen LogP contribution in [0.5, 0.6) is 0 Å². The summed E-state index contributed by atoms with van der Waals surface area (Å²) in [6, 6.07) is -10.1. The van der Waals surface area contributed by atoms with Crippen molar-refractivity contribution in [3.63, 3.8) is 0 Å². The first-order valence-electron chi connectivity index (χ1n) is 17.5. The number of carboxylic acids is 2. The van der Waals surface area contributed by atoms with E-state index in [0.29, 0.717) is 0 Å². The summed E-state index contributed by atoms with van der Waals surface area (Å²) in [7, 11) is 0. The van der Waals surface area contributed by atoms with Crippen molar-refractivity contribution in [1.29, 1.82) is 0 Å². The molecule has 0 spiro atoms. The number of alkyl halides is 5. The second kappa shape index (κ2) is 20.7. The fraction of sp³-hybridized carbons (Fsp3) is 0.727. The molecule has 1 heterocycles. The maximum Gasteiger partial charge on any atom is 0.461 e. The standard InChI is InChI=1S/C33H49F5N6O11/c1-7-10-18(26(50)32(34,35)33(36,37)38)40-29(53)21-11-9-12-44(21)31(55)24(15(3)4)42-30(54)25(16(5)8-2)43-28(52)20(14-23(48)49)41-27(51)19(13-22(46)47)39-17(6)45/h15-16,18-21,24-25H,7-14H2,1-6H3,(H,39,45)(H,40,53)(H,41,51)(H,42,54)(H,43,52)(H,46,47)(H,48,49)/t16-,18?,19-,20-,21-,24-,25-/m0/s1. The maximum absolute atomic E-state index is 13.9. The third kappa shape index (κ3) is 13.7. The average molecular weight is 801 g/mol. The number of amides is 6. The van der Waals surface area contributed by atoms with Gasteiger partial charge in [-0.25, -0.2) is 0 Å². The predicted molar refractivity (Wildman–Crippen MR) is 180 cm³/mol. The van der Waals surface area contributed by atoms with E-state index in [2.05, 4.69) is 21.3 Å². The Morgan fingerprint density at radius 3 is 1.69 bits per heavy atom. The summed E-state index contributed by atoms with van der Waals surface area (Å²) >= 11 is 0. The molecule has 0 aromatic heterocycles. The monoisotopic (exact) mass is 800 g/mol. The van der Waals surface area contributed by atoms with Crippen LogP contribution in [0.3, 0.4) is 0 Å². The van der Waals surface area contributed by atoms with Crippen LogP contribution in [0.2, 0.25) is 0 Å². The molecule has 1 saturated heterocycles. The number of nitrogens with zero attached hydrogens (tertiary/aromatic N) is 1. The summed E-state index contributed by atoms with van der Waals surface area (Å²) < 4.78 is 66.6. The van der Waals surface area contributed by atoms with Gasteiger partial charge in [0, 0.05) is 13.5 Å². The first kappa shape index (κ1) is 48.1. The van der Waals surface area contributed by atoms with E-state index in [4.69, 9.17) is 5.11 Å². The van der Waals surface area contributed by atoms with Gasteiger partial charge in [0.25, 0.3) is 0 Å². The lowest BCUT2D eigenvalue weighted by Crippen LogP contribution is -2.62. The molecular weight excluding hydrogens is 751 g/mol. The average Bonchev–Trinajstić information content (AvgIpc) is 3.56. The molecule has 1 unspecified atom stereocenters. The lowest BCUT2D eigenvalue weighted by Gasteiger charge is -2.33. The maximum atomic E-state index is 13.9. The highest BCUT2D eigenvalue weighted by Crippen LogP contribution is 2.37. The number of carbonyl (C=O) groups excluding carboxylic acids is 7. The van der Waals surface area contributed by atoms with Crippen molar-refractivity contribution in [3.05, 3.63) is 0 Å². The van der Waals surface area contributed by atoms with Gasteiger partial charge < -0.3 is 41.7 Å². The van der Waals surface area contributed by atoms with Gasteiger partial charge in [-0.15, -0.1) is 0 Å². The van der Waals surface area contributed by atoms with Crippen LogP contribution < -0.4 is 26.6 Å². The number of halogens is 5. The molecule has 0 aliphatic carbocycles. The van der Waals surface area contributed by atoms with Gasteiger partial charge in [-0.1, -0.05) is 47.5 Å². The number of nitrogens with one attached hydrogen (secondary N) is 5. The Labute approximate surface area is 313 Å². The Kier molecular flexibility index (Phi) is 18.1. The SMILES string of the molecule is CCCC(NC(=O)[C@@H]1CCCN1C(=O)[C@@H](NC(=O)[C@@H](NC(=O)[C@H](CC(=O)O)NC(=O)[C@H](CC(=O)O)NC(C)=O)[C@@H](C)CC)C(C)C)C(=O)C(F)(F)C(F)(F)F. The molecule has 7 atom stereocenters. The van der Waals surface area contributed by atoms with Crippen LogP contribution >= 0.6 is 0 Å². The smallest absolute Gasteiger partial charge is 0.461 e. The zero-order chi connectivity index (χ0) is 42.6. The second-order valence-corrected chi connectivity index (χ2v) is 13.6. The normalized spacial score (nSPS) is 17.8. The Bertz CT molecular complexity index is 1450. The molecule has 1 aliphatic rings. The largest absolute Gasteiger partial charge is 0.481 e. The van der Waals surface area contributed by atoms with E-state index in [0.717, 1.165) is 11.8 Å². The lowest BCUT2D eigenvalue weighted by atomic mass is 9.95. The molecule has 1 fully saturated rings. The van der Waals surface area contributed by atoms with Crippen LogP contribution in [0.15, 0.2) is 0 Å². The molecule has 0 aromatic rings. The van der Waals surface area contributed by atoms with Crippen molar-refractivity contribution in [1.82, 2.24) is 31.5 Å². The highest BCUT2D eigenvalue weighted by atomic mass is 19.4. The van der Waals surface area contributed by atoms with Crippen LogP contribution in [0.25, 0.3) is 0 Å². The number of ketones is 1. The van der Waals surface area contributed by atoms with E-state index in [9.17, 15) is 70.2 Å². The third-order valence-corrected chi connectivity index (χ3v) is 8.82. The van der Waals surface area contributed by atoms with E-state index >= 15 is 0 Å². The summed E-state index contributed by atoms with van der Waals surface area (Å²) in [6.07, 6.45) is -8.41. The van der Waals surface area contributed by atoms with Crippen LogP contribution in [-0.4, -0.2) is 123 Å². The van der Waals surface area contributed by atoms with Crippen molar-refractivity contribution < 1.29 is 75.3 Å². The van der Waals surface area contributed by atoms with Crippen molar-refractivity contribution in [2.45, 2.75) is 135 Å². The number of aliphatic carboxylic acids is 2. The van der Waals surface area contributed by atoms with Gasteiger partial charge in [0.2, 0.25) is 41.2 Å². The van der Waals surface area contributed by atoms with Gasteiger partial charge >= 0.3 is 24.0 Å². The first-order chi connectivity index (χ1) is 25.3. The van der Waals surface area contributed by atoms with Crippen LogP contribution in [-0.2, 0) is 43.2 Å². The highest BCUT2D eigenvalue weighted by Gasteiger charge is 2.64. The molecule has 17 nitrogen and oxygen atoms in total. The zero-order valence-electron chi connectivity index (χ0n) is 31.2. The number of hydrogen-bond donors (Lipinski definition) is 7. The van der Waals surface area contributed by atoms with Crippen molar-refractivity contribution in [2.24, 2.45) is 11.8 Å². The van der Waals surface area contributed by atoms with Gasteiger partial charge in [-0.2, -0.15) is 22.0 Å². The van der Waals surface area contributed by atoms with Crippen LogP contribution in [0, 0.1) is 11.8 Å². The molecule has 0 saturated carbocycles. The zero-order valence-corrected chi connectivity index (χ0v) is 31.2. The number of Topliss-reactive ketones (excluding diaryl/α,β-unsaturated/α-hetero) is 1. The van der Waals surface area contributed by atoms with Gasteiger partial charge in [-0.05, 0) is 31.1 Å². The Balaban J connectivity index is 3.31. The molecule has 55 heavy (non-hydrogen) atoms. The molecule has 6 amide bonds. The molecule has 0 aromatic carbocycles. The quantitative estimate of drug-likeness (QED) is 0.0793. The summed E-state index contributed by atoms with van der Waals surface area (Å²) in [5.74, 6) is -19.0. The summed E-state index contributed by atoms with van der Waals surface area (Å²) in [5, 5.41) is 29.5. The number of rotatable bonds is 21. The summed E-state index contributed by atoms with van der Waals surface area (Å²) in [5.41, 5.74) is 0.